The normalized spacial score (nSPS) is 22.1. The van der Waals surface area contributed by atoms with E-state index in [4.69, 9.17) is 10.5 Å². The zero-order valence-corrected chi connectivity index (χ0v) is 11.9. The molecular formula is C14H19N3O3. The van der Waals surface area contributed by atoms with Crippen molar-refractivity contribution in [3.63, 3.8) is 0 Å². The first-order valence-electron chi connectivity index (χ1n) is 6.47. The van der Waals surface area contributed by atoms with E-state index in [0.29, 0.717) is 23.4 Å². The van der Waals surface area contributed by atoms with Crippen LogP contribution in [0.4, 0.5) is 10.5 Å². The molecule has 1 aromatic carbocycles. The molecule has 2 rings (SSSR count). The zero-order chi connectivity index (χ0) is 14.9. The number of nitrogens with two attached hydrogens (primary N) is 1. The number of ether oxygens (including phenoxy) is 1. The van der Waals surface area contributed by atoms with Gasteiger partial charge in [0.2, 0.25) is 0 Å². The highest BCUT2D eigenvalue weighted by Gasteiger charge is 2.46. The Hall–Kier alpha value is -2.24. The van der Waals surface area contributed by atoms with Crippen molar-refractivity contribution < 1.29 is 14.3 Å². The monoisotopic (exact) mass is 277 g/mol. The molecule has 1 saturated heterocycles. The SMILES string of the molecule is CCC1(C)NC(=O)N(Cc2cc(N)ccc2OC)C1=O. The number of imide groups is 1. The maximum atomic E-state index is 12.3. The van der Waals surface area contributed by atoms with Gasteiger partial charge in [0.1, 0.15) is 11.3 Å². The molecule has 0 aromatic heterocycles. The number of anilines is 1. The van der Waals surface area contributed by atoms with Gasteiger partial charge in [-0.15, -0.1) is 0 Å². The molecule has 1 fully saturated rings. The summed E-state index contributed by atoms with van der Waals surface area (Å²) in [5, 5.41) is 2.72. The molecule has 1 aliphatic rings. The fourth-order valence-electron chi connectivity index (χ4n) is 2.22. The van der Waals surface area contributed by atoms with Gasteiger partial charge in [0.25, 0.3) is 5.91 Å². The smallest absolute Gasteiger partial charge is 0.325 e. The lowest BCUT2D eigenvalue weighted by molar-refractivity contribution is -0.131. The van der Waals surface area contributed by atoms with Gasteiger partial charge < -0.3 is 15.8 Å². The van der Waals surface area contributed by atoms with Crippen LogP contribution in [-0.2, 0) is 11.3 Å². The molecule has 6 nitrogen and oxygen atoms in total. The number of carbonyl (C=O) groups is 2. The standard InChI is InChI=1S/C14H19N3O3/c1-4-14(2)12(18)17(13(19)16-14)8-9-7-10(15)5-6-11(9)20-3/h5-7H,4,8,15H2,1-3H3,(H,16,19). The Balaban J connectivity index is 2.29. The van der Waals surface area contributed by atoms with Crippen molar-refractivity contribution in [3.05, 3.63) is 23.8 Å². The second kappa shape index (κ2) is 5.03. The first-order valence-corrected chi connectivity index (χ1v) is 6.47. The second-order valence-electron chi connectivity index (χ2n) is 5.08. The topological polar surface area (TPSA) is 84.7 Å². The molecule has 3 amide bonds. The van der Waals surface area contributed by atoms with Crippen molar-refractivity contribution in [2.75, 3.05) is 12.8 Å². The molecule has 0 bridgehead atoms. The number of nitrogens with zero attached hydrogens (tertiary/aromatic N) is 1. The Morgan fingerprint density at radius 1 is 1.40 bits per heavy atom. The van der Waals surface area contributed by atoms with Crippen molar-refractivity contribution in [3.8, 4) is 5.75 Å². The number of carbonyl (C=O) groups excluding carboxylic acids is 2. The van der Waals surface area contributed by atoms with Gasteiger partial charge in [-0.3, -0.25) is 9.69 Å². The van der Waals surface area contributed by atoms with Gasteiger partial charge in [-0.1, -0.05) is 6.92 Å². The van der Waals surface area contributed by atoms with Crippen LogP contribution in [0, 0.1) is 0 Å². The van der Waals surface area contributed by atoms with E-state index in [-0.39, 0.29) is 18.5 Å². The fraction of sp³-hybridized carbons (Fsp3) is 0.429. The van der Waals surface area contributed by atoms with Crippen molar-refractivity contribution in [2.24, 2.45) is 0 Å². The molecule has 0 saturated carbocycles. The molecule has 1 unspecified atom stereocenters. The lowest BCUT2D eigenvalue weighted by atomic mass is 9.99. The highest BCUT2D eigenvalue weighted by atomic mass is 16.5. The molecule has 0 spiro atoms. The summed E-state index contributed by atoms with van der Waals surface area (Å²) in [6, 6.07) is 4.76. The third-order valence-corrected chi connectivity index (χ3v) is 3.69. The highest BCUT2D eigenvalue weighted by Crippen LogP contribution is 2.27. The van der Waals surface area contributed by atoms with E-state index in [1.165, 1.54) is 12.0 Å². The van der Waals surface area contributed by atoms with E-state index in [1.807, 2.05) is 6.92 Å². The van der Waals surface area contributed by atoms with E-state index in [9.17, 15) is 9.59 Å². The number of nitrogens with one attached hydrogen (secondary N) is 1. The molecule has 1 atom stereocenters. The summed E-state index contributed by atoms with van der Waals surface area (Å²) in [6.07, 6.45) is 0.544. The Labute approximate surface area is 117 Å². The van der Waals surface area contributed by atoms with Crippen molar-refractivity contribution in [1.29, 1.82) is 0 Å². The maximum Gasteiger partial charge on any atom is 0.325 e. The summed E-state index contributed by atoms with van der Waals surface area (Å²) in [5.74, 6) is 0.374. The van der Waals surface area contributed by atoms with Crippen LogP contribution in [0.1, 0.15) is 25.8 Å². The van der Waals surface area contributed by atoms with Gasteiger partial charge in [0.15, 0.2) is 0 Å². The molecular weight excluding hydrogens is 258 g/mol. The number of benzene rings is 1. The van der Waals surface area contributed by atoms with E-state index in [1.54, 1.807) is 25.1 Å². The highest BCUT2D eigenvalue weighted by molar-refractivity contribution is 6.06. The number of hydrogen-bond acceptors (Lipinski definition) is 4. The van der Waals surface area contributed by atoms with Crippen LogP contribution in [0.15, 0.2) is 18.2 Å². The average molecular weight is 277 g/mol. The number of amides is 3. The van der Waals surface area contributed by atoms with Crippen molar-refractivity contribution >= 4 is 17.6 Å². The Morgan fingerprint density at radius 3 is 2.65 bits per heavy atom. The van der Waals surface area contributed by atoms with E-state index >= 15 is 0 Å². The van der Waals surface area contributed by atoms with Gasteiger partial charge in [-0.25, -0.2) is 4.79 Å². The summed E-state index contributed by atoms with van der Waals surface area (Å²) in [4.78, 5) is 25.5. The number of rotatable bonds is 4. The first-order chi connectivity index (χ1) is 9.41. The van der Waals surface area contributed by atoms with Crippen LogP contribution < -0.4 is 15.8 Å². The molecule has 6 heteroatoms. The van der Waals surface area contributed by atoms with Crippen LogP contribution in [0.2, 0.25) is 0 Å². The summed E-state index contributed by atoms with van der Waals surface area (Å²) in [7, 11) is 1.54. The van der Waals surface area contributed by atoms with Gasteiger partial charge >= 0.3 is 6.03 Å². The molecule has 0 radical (unpaired) electrons. The van der Waals surface area contributed by atoms with E-state index < -0.39 is 5.54 Å². The summed E-state index contributed by atoms with van der Waals surface area (Å²) in [6.45, 7) is 3.74. The number of hydrogen-bond donors (Lipinski definition) is 2. The quantitative estimate of drug-likeness (QED) is 0.645. The van der Waals surface area contributed by atoms with Crippen molar-refractivity contribution in [1.82, 2.24) is 10.2 Å². The van der Waals surface area contributed by atoms with Gasteiger partial charge in [0, 0.05) is 11.3 Å². The average Bonchev–Trinajstić information content (AvgIpc) is 2.63. The number of nitrogen functional groups attached to an aromatic ring is 1. The molecule has 20 heavy (non-hydrogen) atoms. The zero-order valence-electron chi connectivity index (χ0n) is 11.9. The summed E-state index contributed by atoms with van der Waals surface area (Å²) in [5.41, 5.74) is 6.18. The minimum Gasteiger partial charge on any atom is -0.496 e. The summed E-state index contributed by atoms with van der Waals surface area (Å²) >= 11 is 0. The van der Waals surface area contributed by atoms with Crippen LogP contribution in [0.25, 0.3) is 0 Å². The van der Waals surface area contributed by atoms with Gasteiger partial charge in [-0.2, -0.15) is 0 Å². The third-order valence-electron chi connectivity index (χ3n) is 3.69. The minimum absolute atomic E-state index is 0.147. The fourth-order valence-corrected chi connectivity index (χ4v) is 2.22. The molecule has 3 N–H and O–H groups in total. The Bertz CT molecular complexity index is 559. The Kier molecular flexibility index (Phi) is 3.57. The third kappa shape index (κ3) is 2.29. The minimum atomic E-state index is -0.829. The maximum absolute atomic E-state index is 12.3. The number of methoxy groups -OCH3 is 1. The summed E-state index contributed by atoms with van der Waals surface area (Å²) < 4.78 is 5.23. The molecule has 1 aromatic rings. The van der Waals surface area contributed by atoms with Crippen molar-refractivity contribution in [2.45, 2.75) is 32.4 Å². The first kappa shape index (κ1) is 14.2. The Morgan fingerprint density at radius 2 is 2.10 bits per heavy atom. The van der Waals surface area contributed by atoms with Crippen LogP contribution in [0.5, 0.6) is 5.75 Å². The van der Waals surface area contributed by atoms with Crippen LogP contribution >= 0.6 is 0 Å². The van der Waals surface area contributed by atoms with Crippen LogP contribution in [-0.4, -0.2) is 29.5 Å². The van der Waals surface area contributed by atoms with Gasteiger partial charge in [-0.05, 0) is 31.5 Å². The van der Waals surface area contributed by atoms with E-state index in [0.717, 1.165) is 0 Å². The lowest BCUT2D eigenvalue weighted by Crippen LogP contribution is -2.43. The molecule has 1 heterocycles. The lowest BCUT2D eigenvalue weighted by Gasteiger charge is -2.20. The predicted octanol–water partition coefficient (Wildman–Crippen LogP) is 1.50. The molecule has 0 aliphatic carbocycles. The molecule has 1 aliphatic heterocycles. The second-order valence-corrected chi connectivity index (χ2v) is 5.08. The van der Waals surface area contributed by atoms with Gasteiger partial charge in [0.05, 0.1) is 13.7 Å². The molecule has 108 valence electrons. The predicted molar refractivity (Wildman–Crippen MR) is 75.2 cm³/mol. The number of urea groups is 1. The van der Waals surface area contributed by atoms with Crippen LogP contribution in [0.3, 0.4) is 0 Å². The largest absolute Gasteiger partial charge is 0.496 e. The van der Waals surface area contributed by atoms with E-state index in [2.05, 4.69) is 5.32 Å².